The van der Waals surface area contributed by atoms with Crippen LogP contribution in [-0.2, 0) is 43.3 Å². The molecule has 0 saturated carbocycles. The molecule has 0 spiro atoms. The van der Waals surface area contributed by atoms with Gasteiger partial charge in [-0.3, -0.25) is 0 Å². The molecule has 1 aliphatic carbocycles. The Morgan fingerprint density at radius 1 is 0.410 bits per heavy atom. The van der Waals surface area contributed by atoms with Crippen molar-refractivity contribution in [1.82, 2.24) is 0 Å². The molecule has 0 radical (unpaired) electrons. The van der Waals surface area contributed by atoms with E-state index >= 15 is 0 Å². The Bertz CT molecular complexity index is 832. The van der Waals surface area contributed by atoms with Crippen molar-refractivity contribution < 1.29 is 37.9 Å². The Morgan fingerprint density at radius 3 is 1.08 bits per heavy atom. The number of benzene rings is 2. The zero-order valence-corrected chi connectivity index (χ0v) is 23.7. The fraction of sp³-hybridized carbons (Fsp3) is 0.613. The summed E-state index contributed by atoms with van der Waals surface area (Å²) in [4.78, 5) is 0. The van der Waals surface area contributed by atoms with Crippen LogP contribution in [0.1, 0.15) is 24.0 Å². The van der Waals surface area contributed by atoms with Gasteiger partial charge in [-0.25, -0.2) is 0 Å². The molecule has 3 rings (SSSR count). The summed E-state index contributed by atoms with van der Waals surface area (Å²) in [6, 6.07) is 17.5. The van der Waals surface area contributed by atoms with Crippen LogP contribution in [0.2, 0.25) is 0 Å². The monoisotopic (exact) mass is 546 g/mol. The summed E-state index contributed by atoms with van der Waals surface area (Å²) in [7, 11) is 3.33. The lowest BCUT2D eigenvalue weighted by molar-refractivity contribution is -0.00195. The molecule has 39 heavy (non-hydrogen) atoms. The number of rotatable bonds is 24. The summed E-state index contributed by atoms with van der Waals surface area (Å²) in [5, 5.41) is 0. The largest absolute Gasteiger partial charge is 0.382 e. The van der Waals surface area contributed by atoms with Crippen LogP contribution in [0.4, 0.5) is 0 Å². The maximum Gasteiger partial charge on any atom is 0.0701 e. The Labute approximate surface area is 233 Å². The zero-order chi connectivity index (χ0) is 27.4. The molecule has 0 heterocycles. The normalized spacial score (nSPS) is 13.5. The Kier molecular flexibility index (Phi) is 15.6. The van der Waals surface area contributed by atoms with Crippen molar-refractivity contribution >= 4 is 0 Å². The fourth-order valence-electron chi connectivity index (χ4n) is 4.94. The Balaban J connectivity index is 1.46. The summed E-state index contributed by atoms with van der Waals surface area (Å²) in [5.41, 5.74) is 5.17. The lowest BCUT2D eigenvalue weighted by Crippen LogP contribution is -2.29. The van der Waals surface area contributed by atoms with Gasteiger partial charge in [-0.2, -0.15) is 0 Å². The van der Waals surface area contributed by atoms with Gasteiger partial charge < -0.3 is 37.9 Å². The van der Waals surface area contributed by atoms with Crippen molar-refractivity contribution in [2.75, 3.05) is 107 Å². The smallest absolute Gasteiger partial charge is 0.0701 e. The Hall–Kier alpha value is -1.88. The highest BCUT2D eigenvalue weighted by molar-refractivity contribution is 5.80. The van der Waals surface area contributed by atoms with Crippen LogP contribution in [0, 0.1) is 0 Å². The fourth-order valence-corrected chi connectivity index (χ4v) is 4.94. The molecular weight excluding hydrogens is 500 g/mol. The maximum absolute atomic E-state index is 6.04. The lowest BCUT2D eigenvalue weighted by Gasteiger charge is -2.32. The van der Waals surface area contributed by atoms with E-state index in [1.165, 1.54) is 22.3 Å². The summed E-state index contributed by atoms with van der Waals surface area (Å²) < 4.78 is 44.1. The van der Waals surface area contributed by atoms with Gasteiger partial charge >= 0.3 is 0 Å². The van der Waals surface area contributed by atoms with Gasteiger partial charge in [-0.1, -0.05) is 48.5 Å². The highest BCUT2D eigenvalue weighted by atomic mass is 16.6. The number of hydrogen-bond donors (Lipinski definition) is 0. The van der Waals surface area contributed by atoms with Gasteiger partial charge in [0, 0.05) is 32.8 Å². The second-order valence-electron chi connectivity index (χ2n) is 9.33. The van der Waals surface area contributed by atoms with Crippen LogP contribution < -0.4 is 0 Å². The Morgan fingerprint density at radius 2 is 0.718 bits per heavy atom. The molecule has 8 heteroatoms. The molecular formula is C31H46O8. The first-order valence-electron chi connectivity index (χ1n) is 14.0. The molecule has 0 fully saturated rings. The molecule has 2 aromatic rings. The molecule has 0 saturated heterocycles. The van der Waals surface area contributed by atoms with Crippen molar-refractivity contribution in [1.29, 1.82) is 0 Å². The topological polar surface area (TPSA) is 73.8 Å². The molecule has 0 aliphatic heterocycles. The van der Waals surface area contributed by atoms with Crippen molar-refractivity contribution in [3.63, 3.8) is 0 Å². The number of ether oxygens (including phenoxy) is 8. The third-order valence-corrected chi connectivity index (χ3v) is 6.87. The van der Waals surface area contributed by atoms with Gasteiger partial charge in [-0.15, -0.1) is 0 Å². The highest BCUT2D eigenvalue weighted by Crippen LogP contribution is 2.52. The molecule has 2 aromatic carbocycles. The van der Waals surface area contributed by atoms with E-state index < -0.39 is 0 Å². The van der Waals surface area contributed by atoms with E-state index in [0.717, 1.165) is 12.8 Å². The molecule has 0 unspecified atom stereocenters. The first kappa shape index (κ1) is 31.6. The van der Waals surface area contributed by atoms with Crippen LogP contribution in [0.15, 0.2) is 48.5 Å². The van der Waals surface area contributed by atoms with E-state index in [4.69, 9.17) is 37.9 Å². The summed E-state index contributed by atoms with van der Waals surface area (Å²) >= 11 is 0. The van der Waals surface area contributed by atoms with Crippen LogP contribution in [0.5, 0.6) is 0 Å². The van der Waals surface area contributed by atoms with E-state index in [9.17, 15) is 0 Å². The molecule has 218 valence electrons. The number of fused-ring (bicyclic) bond motifs is 3. The first-order valence-corrected chi connectivity index (χ1v) is 14.0. The molecule has 0 aromatic heterocycles. The number of hydrogen-bond acceptors (Lipinski definition) is 8. The molecule has 8 nitrogen and oxygen atoms in total. The predicted molar refractivity (Wildman–Crippen MR) is 151 cm³/mol. The molecule has 0 N–H and O–H groups in total. The standard InChI is InChI=1S/C31H46O8/c1-32-15-17-36-23-25-38-21-19-34-13-11-31(12-14-35-20-22-39-26-24-37-18-16-33-2)29-9-5-3-7-27(29)28-8-4-6-10-30(28)31/h3-10H,11-26H2,1-2H3. The van der Waals surface area contributed by atoms with Crippen LogP contribution in [0.3, 0.4) is 0 Å². The molecule has 0 atom stereocenters. The molecule has 0 bridgehead atoms. The average Bonchev–Trinajstić information content (AvgIpc) is 3.24. The molecule has 1 aliphatic rings. The predicted octanol–water partition coefficient (Wildman–Crippen LogP) is 4.13. The van der Waals surface area contributed by atoms with Gasteiger partial charge in [0.05, 0.1) is 79.3 Å². The maximum atomic E-state index is 6.04. The van der Waals surface area contributed by atoms with Gasteiger partial charge in [-0.05, 0) is 35.1 Å². The van der Waals surface area contributed by atoms with E-state index in [2.05, 4.69) is 48.5 Å². The third kappa shape index (κ3) is 10.2. The van der Waals surface area contributed by atoms with Gasteiger partial charge in [0.1, 0.15) is 0 Å². The minimum atomic E-state index is -0.153. The molecule has 0 amide bonds. The third-order valence-electron chi connectivity index (χ3n) is 6.87. The van der Waals surface area contributed by atoms with E-state index in [-0.39, 0.29) is 5.41 Å². The van der Waals surface area contributed by atoms with E-state index in [1.54, 1.807) is 14.2 Å². The van der Waals surface area contributed by atoms with Crippen LogP contribution in [0.25, 0.3) is 11.1 Å². The van der Waals surface area contributed by atoms with Crippen LogP contribution >= 0.6 is 0 Å². The summed E-state index contributed by atoms with van der Waals surface area (Å²) in [6.07, 6.45) is 1.75. The zero-order valence-electron chi connectivity index (χ0n) is 23.7. The second kappa shape index (κ2) is 19.2. The minimum Gasteiger partial charge on any atom is -0.382 e. The SMILES string of the molecule is COCCOCCOCCOCCC1(CCOCCOCCOCCOC)c2ccccc2-c2ccccc21. The van der Waals surface area contributed by atoms with Gasteiger partial charge in [0.2, 0.25) is 0 Å². The van der Waals surface area contributed by atoms with E-state index in [1.807, 2.05) is 0 Å². The second-order valence-corrected chi connectivity index (χ2v) is 9.33. The van der Waals surface area contributed by atoms with Crippen molar-refractivity contribution in [2.45, 2.75) is 18.3 Å². The number of methoxy groups -OCH3 is 2. The highest BCUT2D eigenvalue weighted by Gasteiger charge is 2.42. The minimum absolute atomic E-state index is 0.153. The summed E-state index contributed by atoms with van der Waals surface area (Å²) in [6.45, 7) is 8.10. The summed E-state index contributed by atoms with van der Waals surface area (Å²) in [5.74, 6) is 0. The van der Waals surface area contributed by atoms with Gasteiger partial charge in [0.25, 0.3) is 0 Å². The van der Waals surface area contributed by atoms with E-state index in [0.29, 0.717) is 92.5 Å². The van der Waals surface area contributed by atoms with Crippen LogP contribution in [-0.4, -0.2) is 107 Å². The van der Waals surface area contributed by atoms with Crippen molar-refractivity contribution in [3.8, 4) is 11.1 Å². The van der Waals surface area contributed by atoms with Gasteiger partial charge in [0.15, 0.2) is 0 Å². The average molecular weight is 547 g/mol. The lowest BCUT2D eigenvalue weighted by atomic mass is 9.73. The quantitative estimate of drug-likeness (QED) is 0.182. The van der Waals surface area contributed by atoms with Crippen molar-refractivity contribution in [2.24, 2.45) is 0 Å². The first-order chi connectivity index (χ1) is 19.3. The van der Waals surface area contributed by atoms with Crippen molar-refractivity contribution in [3.05, 3.63) is 59.7 Å².